The van der Waals surface area contributed by atoms with Gasteiger partial charge in [-0.2, -0.15) is 0 Å². The van der Waals surface area contributed by atoms with Crippen LogP contribution in [0.15, 0.2) is 34.9 Å². The summed E-state index contributed by atoms with van der Waals surface area (Å²) < 4.78 is 0. The van der Waals surface area contributed by atoms with Gasteiger partial charge >= 0.3 is 11.9 Å². The summed E-state index contributed by atoms with van der Waals surface area (Å²) in [5.74, 6) is -3.23. The number of hydrogen-bond donors (Lipinski definition) is 5. The maximum atomic E-state index is 12.8. The number of amides is 2. The molecule has 2 fully saturated rings. The zero-order valence-corrected chi connectivity index (χ0v) is 19.8. The molecule has 0 bridgehead atoms. The molecule has 11 heteroatoms. The van der Waals surface area contributed by atoms with Crippen molar-refractivity contribution in [3.05, 3.63) is 40.4 Å². The van der Waals surface area contributed by atoms with Crippen LogP contribution < -0.4 is 10.6 Å². The molecule has 3 aliphatic heterocycles. The molecule has 0 spiro atoms. The van der Waals surface area contributed by atoms with Crippen LogP contribution in [0.3, 0.4) is 0 Å². The summed E-state index contributed by atoms with van der Waals surface area (Å²) in [5.41, 5.74) is -0.631. The number of nitrogens with one attached hydrogen (secondary N) is 2. The number of aromatic carboxylic acids is 1. The molecule has 3 heterocycles. The van der Waals surface area contributed by atoms with E-state index < -0.39 is 41.4 Å². The number of β-lactam (4-membered cyclic amide) rings is 1. The fourth-order valence-corrected chi connectivity index (χ4v) is 6.57. The van der Waals surface area contributed by atoms with Crippen LogP contribution in [0.5, 0.6) is 0 Å². The molecule has 182 valence electrons. The Hall–Kier alpha value is -2.89. The number of carbonyl (C=O) groups excluding carboxylic acids is 2. The van der Waals surface area contributed by atoms with Gasteiger partial charge in [0.2, 0.25) is 11.8 Å². The highest BCUT2D eigenvalue weighted by molar-refractivity contribution is 8.03. The highest BCUT2D eigenvalue weighted by Gasteiger charge is 2.67. The number of aliphatic hydroxyl groups is 1. The van der Waals surface area contributed by atoms with E-state index in [9.17, 15) is 29.4 Å². The van der Waals surface area contributed by atoms with Crippen LogP contribution in [-0.2, 0) is 14.4 Å². The second-order valence-electron chi connectivity index (χ2n) is 9.20. The van der Waals surface area contributed by atoms with Gasteiger partial charge in [-0.15, -0.1) is 11.8 Å². The lowest BCUT2D eigenvalue weighted by Gasteiger charge is -2.54. The van der Waals surface area contributed by atoms with Crippen molar-refractivity contribution in [1.82, 2.24) is 10.2 Å². The lowest BCUT2D eigenvalue weighted by atomic mass is 9.66. The van der Waals surface area contributed by atoms with Crippen LogP contribution in [0.2, 0.25) is 0 Å². The number of carboxylic acid groups (broad SMARTS) is 2. The van der Waals surface area contributed by atoms with E-state index >= 15 is 0 Å². The lowest BCUT2D eigenvalue weighted by molar-refractivity contribution is -0.181. The normalized spacial score (nSPS) is 31.2. The molecule has 0 saturated carbocycles. The van der Waals surface area contributed by atoms with Crippen molar-refractivity contribution >= 4 is 41.2 Å². The summed E-state index contributed by atoms with van der Waals surface area (Å²) >= 11 is 1.36. The fourth-order valence-electron chi connectivity index (χ4n) is 5.10. The van der Waals surface area contributed by atoms with Crippen molar-refractivity contribution in [2.45, 2.75) is 50.6 Å². The van der Waals surface area contributed by atoms with Crippen molar-refractivity contribution in [3.8, 4) is 0 Å². The third kappa shape index (κ3) is 3.77. The number of anilines is 1. The molecule has 5 N–H and O–H groups in total. The Morgan fingerprint density at radius 1 is 1.26 bits per heavy atom. The fraction of sp³-hybridized carbons (Fsp3) is 0.478. The Balaban J connectivity index is 1.45. The van der Waals surface area contributed by atoms with Gasteiger partial charge in [-0.25, -0.2) is 9.59 Å². The molecular formula is C23H27N3O7S. The monoisotopic (exact) mass is 489 g/mol. The Morgan fingerprint density at radius 3 is 2.59 bits per heavy atom. The molecular weight excluding hydrogens is 462 g/mol. The molecule has 1 aromatic rings. The van der Waals surface area contributed by atoms with Crippen molar-refractivity contribution in [2.75, 3.05) is 11.9 Å². The van der Waals surface area contributed by atoms with Gasteiger partial charge in [0.25, 0.3) is 0 Å². The van der Waals surface area contributed by atoms with Crippen LogP contribution in [-0.4, -0.2) is 74.0 Å². The van der Waals surface area contributed by atoms with Gasteiger partial charge in [0.15, 0.2) is 0 Å². The maximum absolute atomic E-state index is 12.8. The van der Waals surface area contributed by atoms with Gasteiger partial charge in [-0.05, 0) is 38.5 Å². The minimum Gasteiger partial charge on any atom is -0.478 e. The van der Waals surface area contributed by atoms with Crippen molar-refractivity contribution < 1.29 is 34.5 Å². The van der Waals surface area contributed by atoms with Gasteiger partial charge in [-0.1, -0.05) is 13.0 Å². The van der Waals surface area contributed by atoms with Crippen LogP contribution in [0, 0.1) is 11.3 Å². The number of rotatable bonds is 7. The smallest absolute Gasteiger partial charge is 0.353 e. The number of benzene rings is 1. The summed E-state index contributed by atoms with van der Waals surface area (Å²) in [5, 5.41) is 34.9. The Kier molecular flexibility index (Phi) is 6.21. The molecule has 2 amide bonds. The second kappa shape index (κ2) is 8.71. The van der Waals surface area contributed by atoms with E-state index in [0.717, 1.165) is 0 Å². The van der Waals surface area contributed by atoms with Crippen molar-refractivity contribution in [2.24, 2.45) is 11.3 Å². The highest BCUT2D eigenvalue weighted by atomic mass is 32.2. The van der Waals surface area contributed by atoms with Crippen LogP contribution in [0.4, 0.5) is 5.69 Å². The standard InChI is InChI=1S/C23H27N3O7S/c1-10-17(16(21(31)32)26-18(10)23(3,11(2)27)22(26)33)34-14-8-15(24-9-14)19(28)25-13-6-4-5-12(7-13)20(29)30/h4-7,10-11,14-15,18,24,27H,8-9H2,1-3H3,(H,25,28)(H,29,30)(H,31,32)/t10-,11+,14-,15-,18+,23+/m0/s1. The molecule has 3 aliphatic rings. The number of nitrogens with zero attached hydrogens (tertiary/aromatic N) is 1. The summed E-state index contributed by atoms with van der Waals surface area (Å²) in [6.07, 6.45) is -0.478. The third-order valence-electron chi connectivity index (χ3n) is 7.08. The van der Waals surface area contributed by atoms with Gasteiger partial charge < -0.3 is 26.0 Å². The molecule has 2 saturated heterocycles. The Labute approximate surface area is 200 Å². The number of aliphatic carboxylic acids is 1. The van der Waals surface area contributed by atoms with E-state index in [0.29, 0.717) is 23.6 Å². The van der Waals surface area contributed by atoms with Gasteiger partial charge in [0.05, 0.1) is 29.2 Å². The predicted octanol–water partition coefficient (Wildman–Crippen LogP) is 1.33. The maximum Gasteiger partial charge on any atom is 0.353 e. The molecule has 4 rings (SSSR count). The Bertz CT molecular complexity index is 1100. The van der Waals surface area contributed by atoms with Crippen LogP contribution in [0.25, 0.3) is 0 Å². The summed E-state index contributed by atoms with van der Waals surface area (Å²) in [4.78, 5) is 50.6. The first-order valence-electron chi connectivity index (χ1n) is 11.0. The minimum atomic E-state index is -1.18. The molecule has 34 heavy (non-hydrogen) atoms. The van der Waals surface area contributed by atoms with Gasteiger partial charge in [0.1, 0.15) is 5.70 Å². The molecule has 10 nitrogen and oxygen atoms in total. The molecule has 0 radical (unpaired) electrons. The number of hydrogen-bond acceptors (Lipinski definition) is 7. The number of fused-ring (bicyclic) bond motifs is 1. The zero-order chi connectivity index (χ0) is 24.9. The predicted molar refractivity (Wildman–Crippen MR) is 124 cm³/mol. The van der Waals surface area contributed by atoms with Crippen molar-refractivity contribution in [3.63, 3.8) is 0 Å². The lowest BCUT2D eigenvalue weighted by Crippen LogP contribution is -2.70. The van der Waals surface area contributed by atoms with E-state index in [1.54, 1.807) is 26.0 Å². The zero-order valence-electron chi connectivity index (χ0n) is 18.9. The first-order valence-corrected chi connectivity index (χ1v) is 11.9. The van der Waals surface area contributed by atoms with Crippen LogP contribution in [0.1, 0.15) is 37.6 Å². The number of carbonyl (C=O) groups is 4. The number of thioether (sulfide) groups is 1. The van der Waals surface area contributed by atoms with Gasteiger partial charge in [-0.3, -0.25) is 14.5 Å². The molecule has 0 unspecified atom stereocenters. The van der Waals surface area contributed by atoms with Gasteiger partial charge in [0, 0.05) is 28.3 Å². The van der Waals surface area contributed by atoms with Crippen LogP contribution >= 0.6 is 11.8 Å². The van der Waals surface area contributed by atoms with Crippen molar-refractivity contribution in [1.29, 1.82) is 0 Å². The van der Waals surface area contributed by atoms with E-state index in [1.807, 2.05) is 6.92 Å². The average Bonchev–Trinajstić information content (AvgIpc) is 3.35. The summed E-state index contributed by atoms with van der Waals surface area (Å²) in [6.45, 7) is 5.55. The van der Waals surface area contributed by atoms with E-state index in [2.05, 4.69) is 10.6 Å². The SMILES string of the molecule is C[C@H]1C(S[C@@H]2CN[C@H](C(=O)Nc3cccc(C(=O)O)c3)C2)=C(C(=O)O)N2C(=O)[C@](C)([C@@H](C)O)[C@@H]12. The van der Waals surface area contributed by atoms with E-state index in [4.69, 9.17) is 5.11 Å². The topological polar surface area (TPSA) is 156 Å². The highest BCUT2D eigenvalue weighted by Crippen LogP contribution is 2.57. The largest absolute Gasteiger partial charge is 0.478 e. The second-order valence-corrected chi connectivity index (χ2v) is 10.5. The first-order chi connectivity index (χ1) is 16.0. The first kappa shape index (κ1) is 24.2. The summed E-state index contributed by atoms with van der Waals surface area (Å²) in [6, 6.07) is 5.02. The van der Waals surface area contributed by atoms with E-state index in [1.165, 1.54) is 28.8 Å². The quantitative estimate of drug-likeness (QED) is 0.357. The summed E-state index contributed by atoms with van der Waals surface area (Å²) in [7, 11) is 0. The average molecular weight is 490 g/mol. The molecule has 6 atom stereocenters. The minimum absolute atomic E-state index is 0.0380. The Morgan fingerprint density at radius 2 is 1.97 bits per heavy atom. The molecule has 0 aromatic heterocycles. The molecule has 1 aromatic carbocycles. The molecule has 0 aliphatic carbocycles. The number of carboxylic acids is 2. The van der Waals surface area contributed by atoms with E-state index in [-0.39, 0.29) is 28.3 Å². The number of aliphatic hydroxyl groups excluding tert-OH is 1. The third-order valence-corrected chi connectivity index (χ3v) is 8.59.